The lowest BCUT2D eigenvalue weighted by Gasteiger charge is -2.10. The molecule has 0 saturated carbocycles. The molecule has 0 radical (unpaired) electrons. The molecule has 1 aromatic carbocycles. The first kappa shape index (κ1) is 12.2. The van der Waals surface area contributed by atoms with E-state index in [-0.39, 0.29) is 5.75 Å². The molecular weight excluding hydrogens is 262 g/mol. The van der Waals surface area contributed by atoms with Crippen molar-refractivity contribution in [2.75, 3.05) is 5.32 Å². The van der Waals surface area contributed by atoms with Crippen LogP contribution in [0.5, 0.6) is 5.75 Å². The Morgan fingerprint density at radius 1 is 1.26 bits per heavy atom. The number of phenolic OH excluding ortho intramolecular Hbond substituents is 1. The minimum absolute atomic E-state index is 0.269. The van der Waals surface area contributed by atoms with E-state index in [4.69, 9.17) is 11.6 Å². The molecule has 1 aromatic heterocycles. The van der Waals surface area contributed by atoms with Crippen LogP contribution in [0.25, 0.3) is 0 Å². The first-order chi connectivity index (χ1) is 9.22. The fourth-order valence-corrected chi connectivity index (χ4v) is 2.59. The van der Waals surface area contributed by atoms with Gasteiger partial charge in [0.05, 0.1) is 5.69 Å². The Balaban J connectivity index is 1.81. The van der Waals surface area contributed by atoms with Crippen molar-refractivity contribution in [2.45, 2.75) is 25.8 Å². The first-order valence-electron chi connectivity index (χ1n) is 6.29. The van der Waals surface area contributed by atoms with Gasteiger partial charge >= 0.3 is 0 Å². The van der Waals surface area contributed by atoms with Crippen molar-refractivity contribution in [3.05, 3.63) is 46.4 Å². The number of aryl methyl sites for hydroxylation is 1. The van der Waals surface area contributed by atoms with Gasteiger partial charge in [0.25, 0.3) is 0 Å². The molecule has 0 amide bonds. The summed E-state index contributed by atoms with van der Waals surface area (Å²) in [4.78, 5) is 8.52. The van der Waals surface area contributed by atoms with Crippen molar-refractivity contribution in [3.8, 4) is 5.75 Å². The van der Waals surface area contributed by atoms with Gasteiger partial charge in [0.2, 0.25) is 5.28 Å². The molecule has 0 spiro atoms. The maximum Gasteiger partial charge on any atom is 0.224 e. The molecule has 1 aliphatic rings. The third kappa shape index (κ3) is 2.63. The maximum absolute atomic E-state index is 9.43. The van der Waals surface area contributed by atoms with Crippen LogP contribution in [0.2, 0.25) is 5.28 Å². The fourth-order valence-electron chi connectivity index (χ4n) is 2.40. The average Bonchev–Trinajstić information content (AvgIpc) is 2.84. The number of aromatic nitrogens is 2. The number of hydrogen-bond donors (Lipinski definition) is 2. The summed E-state index contributed by atoms with van der Waals surface area (Å²) in [6, 6.07) is 7.16. The van der Waals surface area contributed by atoms with Gasteiger partial charge in [-0.15, -0.1) is 0 Å². The Morgan fingerprint density at radius 3 is 3.00 bits per heavy atom. The Bertz CT molecular complexity index is 616. The van der Waals surface area contributed by atoms with Crippen LogP contribution in [0.1, 0.15) is 23.2 Å². The molecule has 0 fully saturated rings. The lowest BCUT2D eigenvalue weighted by atomic mass is 10.2. The highest BCUT2D eigenvalue weighted by Gasteiger charge is 2.18. The Hall–Kier alpha value is -1.81. The van der Waals surface area contributed by atoms with Crippen molar-refractivity contribution >= 4 is 17.4 Å². The number of benzene rings is 1. The zero-order valence-corrected chi connectivity index (χ0v) is 11.1. The van der Waals surface area contributed by atoms with Crippen molar-refractivity contribution in [1.82, 2.24) is 9.97 Å². The molecule has 2 aromatic rings. The molecule has 2 N–H and O–H groups in total. The van der Waals surface area contributed by atoms with E-state index < -0.39 is 0 Å². The van der Waals surface area contributed by atoms with Gasteiger partial charge in [0, 0.05) is 12.1 Å². The predicted octanol–water partition coefficient (Wildman–Crippen LogP) is 2.94. The Kier molecular flexibility index (Phi) is 3.25. The summed E-state index contributed by atoms with van der Waals surface area (Å²) in [6.45, 7) is 0.605. The molecule has 0 saturated heterocycles. The number of phenols is 1. The van der Waals surface area contributed by atoms with Crippen LogP contribution < -0.4 is 5.32 Å². The molecular formula is C14H14ClN3O. The van der Waals surface area contributed by atoms with Gasteiger partial charge in [-0.3, -0.25) is 0 Å². The molecule has 19 heavy (non-hydrogen) atoms. The second kappa shape index (κ2) is 5.05. The molecule has 0 bridgehead atoms. The number of nitrogens with one attached hydrogen (secondary N) is 1. The second-order valence-electron chi connectivity index (χ2n) is 4.64. The minimum atomic E-state index is 0.269. The SMILES string of the molecule is Oc1cccc(CNc2nc(Cl)nc3c2CCC3)c1. The fraction of sp³-hybridized carbons (Fsp3) is 0.286. The minimum Gasteiger partial charge on any atom is -0.508 e. The quantitative estimate of drug-likeness (QED) is 0.846. The van der Waals surface area contributed by atoms with E-state index in [9.17, 15) is 5.11 Å². The number of nitrogens with zero attached hydrogens (tertiary/aromatic N) is 2. The highest BCUT2D eigenvalue weighted by molar-refractivity contribution is 6.28. The van der Waals surface area contributed by atoms with E-state index in [0.717, 1.165) is 36.3 Å². The molecule has 3 rings (SSSR count). The lowest BCUT2D eigenvalue weighted by molar-refractivity contribution is 0.474. The van der Waals surface area contributed by atoms with Gasteiger partial charge in [-0.1, -0.05) is 12.1 Å². The van der Waals surface area contributed by atoms with E-state index in [1.165, 1.54) is 5.56 Å². The molecule has 98 valence electrons. The predicted molar refractivity (Wildman–Crippen MR) is 74.5 cm³/mol. The van der Waals surface area contributed by atoms with Crippen molar-refractivity contribution < 1.29 is 5.11 Å². The van der Waals surface area contributed by atoms with Gasteiger partial charge in [-0.2, -0.15) is 0 Å². The summed E-state index contributed by atoms with van der Waals surface area (Å²) in [5, 5.41) is 13.0. The third-order valence-corrected chi connectivity index (χ3v) is 3.45. The maximum atomic E-state index is 9.43. The summed E-state index contributed by atoms with van der Waals surface area (Å²) in [5.74, 6) is 1.08. The van der Waals surface area contributed by atoms with Crippen molar-refractivity contribution in [1.29, 1.82) is 0 Å². The van der Waals surface area contributed by atoms with Crippen molar-refractivity contribution in [3.63, 3.8) is 0 Å². The molecule has 1 heterocycles. The lowest BCUT2D eigenvalue weighted by Crippen LogP contribution is -2.06. The molecule has 1 aliphatic carbocycles. The van der Waals surface area contributed by atoms with E-state index in [0.29, 0.717) is 11.8 Å². The number of halogens is 1. The van der Waals surface area contributed by atoms with Crippen LogP contribution in [0.3, 0.4) is 0 Å². The highest BCUT2D eigenvalue weighted by Crippen LogP contribution is 2.27. The van der Waals surface area contributed by atoms with Crippen LogP contribution in [0.4, 0.5) is 5.82 Å². The largest absolute Gasteiger partial charge is 0.508 e. The number of rotatable bonds is 3. The summed E-state index contributed by atoms with van der Waals surface area (Å²) < 4.78 is 0. The Morgan fingerprint density at radius 2 is 2.16 bits per heavy atom. The van der Waals surface area contributed by atoms with Crippen LogP contribution >= 0.6 is 11.6 Å². The monoisotopic (exact) mass is 275 g/mol. The number of fused-ring (bicyclic) bond motifs is 1. The average molecular weight is 276 g/mol. The van der Waals surface area contributed by atoms with E-state index >= 15 is 0 Å². The standard InChI is InChI=1S/C14H14ClN3O/c15-14-17-12-6-2-5-11(12)13(18-14)16-8-9-3-1-4-10(19)7-9/h1,3-4,7,19H,2,5-6,8H2,(H,16,17,18). The van der Waals surface area contributed by atoms with Crippen molar-refractivity contribution in [2.24, 2.45) is 0 Å². The molecule has 0 aliphatic heterocycles. The second-order valence-corrected chi connectivity index (χ2v) is 4.98. The van der Waals surface area contributed by atoms with Crippen LogP contribution in [0, 0.1) is 0 Å². The van der Waals surface area contributed by atoms with Crippen LogP contribution in [-0.4, -0.2) is 15.1 Å². The molecule has 0 unspecified atom stereocenters. The molecule has 5 heteroatoms. The van der Waals surface area contributed by atoms with Gasteiger partial charge in [0.1, 0.15) is 11.6 Å². The zero-order valence-electron chi connectivity index (χ0n) is 10.4. The van der Waals surface area contributed by atoms with Gasteiger partial charge in [0.15, 0.2) is 0 Å². The third-order valence-electron chi connectivity index (χ3n) is 3.28. The summed E-state index contributed by atoms with van der Waals surface area (Å²) in [5.41, 5.74) is 3.23. The van der Waals surface area contributed by atoms with E-state index in [2.05, 4.69) is 15.3 Å². The van der Waals surface area contributed by atoms with Gasteiger partial charge < -0.3 is 10.4 Å². The van der Waals surface area contributed by atoms with Gasteiger partial charge in [-0.25, -0.2) is 9.97 Å². The summed E-state index contributed by atoms with van der Waals surface area (Å²) in [6.07, 6.45) is 3.07. The smallest absolute Gasteiger partial charge is 0.224 e. The normalized spacial score (nSPS) is 13.3. The number of aromatic hydroxyl groups is 1. The topological polar surface area (TPSA) is 58.0 Å². The first-order valence-corrected chi connectivity index (χ1v) is 6.67. The van der Waals surface area contributed by atoms with E-state index in [1.54, 1.807) is 12.1 Å². The van der Waals surface area contributed by atoms with Gasteiger partial charge in [-0.05, 0) is 48.6 Å². The number of anilines is 1. The Labute approximate surface area is 116 Å². The zero-order chi connectivity index (χ0) is 13.2. The van der Waals surface area contributed by atoms with Crippen LogP contribution in [-0.2, 0) is 19.4 Å². The molecule has 4 nitrogen and oxygen atoms in total. The summed E-state index contributed by atoms with van der Waals surface area (Å²) >= 11 is 5.93. The molecule has 0 atom stereocenters. The highest BCUT2D eigenvalue weighted by atomic mass is 35.5. The number of hydrogen-bond acceptors (Lipinski definition) is 4. The van der Waals surface area contributed by atoms with E-state index in [1.807, 2.05) is 12.1 Å². The summed E-state index contributed by atoms with van der Waals surface area (Å²) in [7, 11) is 0. The van der Waals surface area contributed by atoms with Crippen LogP contribution in [0.15, 0.2) is 24.3 Å².